The van der Waals surface area contributed by atoms with Crippen molar-refractivity contribution in [2.75, 3.05) is 6.54 Å². The number of hydrogen-bond acceptors (Lipinski definition) is 3. The lowest BCUT2D eigenvalue weighted by atomic mass is 9.95. The van der Waals surface area contributed by atoms with Gasteiger partial charge < -0.3 is 0 Å². The second-order valence-corrected chi connectivity index (χ2v) is 4.82. The van der Waals surface area contributed by atoms with Crippen LogP contribution in [-0.2, 0) is 13.1 Å². The van der Waals surface area contributed by atoms with Crippen molar-refractivity contribution in [3.63, 3.8) is 0 Å². The quantitative estimate of drug-likeness (QED) is 0.846. The van der Waals surface area contributed by atoms with Crippen molar-refractivity contribution in [2.24, 2.45) is 0 Å². The maximum Gasteiger partial charge on any atom is 0.141 e. The van der Waals surface area contributed by atoms with E-state index >= 15 is 0 Å². The van der Waals surface area contributed by atoms with Crippen molar-refractivity contribution in [3.05, 3.63) is 47.8 Å². The van der Waals surface area contributed by atoms with Crippen LogP contribution in [0.2, 0.25) is 0 Å². The molecule has 1 aromatic carbocycles. The molecule has 1 atom stereocenters. The largest absolute Gasteiger partial charge is 0.289 e. The summed E-state index contributed by atoms with van der Waals surface area (Å²) in [5, 5.41) is 4.18. The number of hydrogen-bond donors (Lipinski definition) is 0. The molecule has 19 heavy (non-hydrogen) atoms. The molecule has 0 aliphatic carbocycles. The summed E-state index contributed by atoms with van der Waals surface area (Å²) in [7, 11) is 0. The maximum atomic E-state index is 12.9. The Morgan fingerprint density at radius 1 is 1.32 bits per heavy atom. The molecule has 1 aromatic heterocycles. The van der Waals surface area contributed by atoms with Gasteiger partial charge in [-0.3, -0.25) is 4.90 Å². The molecule has 0 bridgehead atoms. The van der Waals surface area contributed by atoms with Gasteiger partial charge in [0, 0.05) is 19.1 Å². The van der Waals surface area contributed by atoms with E-state index in [1.165, 1.54) is 17.7 Å². The minimum atomic E-state index is -0.180. The first-order valence-corrected chi connectivity index (χ1v) is 6.64. The predicted molar refractivity (Wildman–Crippen MR) is 69.9 cm³/mol. The van der Waals surface area contributed by atoms with E-state index in [2.05, 4.69) is 21.9 Å². The number of nitrogens with zero attached hydrogens (tertiary/aromatic N) is 4. The zero-order chi connectivity index (χ0) is 13.2. The van der Waals surface area contributed by atoms with Gasteiger partial charge in [0.1, 0.15) is 18.0 Å². The molecule has 0 N–H and O–H groups in total. The molecule has 0 amide bonds. The van der Waals surface area contributed by atoms with Crippen LogP contribution in [-0.4, -0.2) is 26.2 Å². The van der Waals surface area contributed by atoms with Crippen LogP contribution in [0, 0.1) is 5.82 Å². The van der Waals surface area contributed by atoms with E-state index < -0.39 is 0 Å². The smallest absolute Gasteiger partial charge is 0.141 e. The Labute approximate surface area is 111 Å². The molecule has 0 saturated carbocycles. The number of rotatable bonds is 4. The molecule has 4 nitrogen and oxygen atoms in total. The molecule has 3 rings (SSSR count). The van der Waals surface area contributed by atoms with E-state index in [0.717, 1.165) is 31.9 Å². The first-order valence-electron chi connectivity index (χ1n) is 6.64. The molecule has 100 valence electrons. The molecular formula is C14H17FN4. The fourth-order valence-electron chi connectivity index (χ4n) is 2.55. The van der Waals surface area contributed by atoms with Gasteiger partial charge in [-0.1, -0.05) is 12.1 Å². The summed E-state index contributed by atoms with van der Waals surface area (Å²) in [6, 6.07) is 7.18. The Hall–Kier alpha value is -1.75. The number of halogens is 1. The molecule has 0 spiro atoms. The highest BCUT2D eigenvalue weighted by Crippen LogP contribution is 2.34. The summed E-state index contributed by atoms with van der Waals surface area (Å²) in [6.07, 6.45) is 2.72. The van der Waals surface area contributed by atoms with Gasteiger partial charge in [0.2, 0.25) is 0 Å². The molecule has 1 saturated heterocycles. The average molecular weight is 260 g/mol. The lowest BCUT2D eigenvalue weighted by Crippen LogP contribution is -2.40. The van der Waals surface area contributed by atoms with Gasteiger partial charge in [-0.25, -0.2) is 14.1 Å². The number of aryl methyl sites for hydroxylation is 1. The Morgan fingerprint density at radius 2 is 2.11 bits per heavy atom. The van der Waals surface area contributed by atoms with Crippen LogP contribution in [0.5, 0.6) is 0 Å². The lowest BCUT2D eigenvalue weighted by molar-refractivity contribution is 0.0770. The van der Waals surface area contributed by atoms with Gasteiger partial charge in [0.25, 0.3) is 0 Å². The summed E-state index contributed by atoms with van der Waals surface area (Å²) < 4.78 is 14.9. The third-order valence-corrected chi connectivity index (χ3v) is 3.73. The standard InChI is InChI=1S/C14H17FN4/c1-2-19-14(16-10-17-19)9-18-8-7-13(18)11-3-5-12(15)6-4-11/h3-6,10,13H,2,7-9H2,1H3/t13-/m1/s1. The van der Waals surface area contributed by atoms with Crippen molar-refractivity contribution in [1.29, 1.82) is 0 Å². The first kappa shape index (κ1) is 12.3. The van der Waals surface area contributed by atoms with Gasteiger partial charge in [0.05, 0.1) is 6.54 Å². The zero-order valence-corrected chi connectivity index (χ0v) is 11.0. The summed E-state index contributed by atoms with van der Waals surface area (Å²) >= 11 is 0. The fourth-order valence-corrected chi connectivity index (χ4v) is 2.55. The minimum absolute atomic E-state index is 0.180. The van der Waals surface area contributed by atoms with Gasteiger partial charge in [-0.2, -0.15) is 5.10 Å². The van der Waals surface area contributed by atoms with E-state index in [-0.39, 0.29) is 5.82 Å². The molecule has 1 fully saturated rings. The molecule has 0 unspecified atom stereocenters. The summed E-state index contributed by atoms with van der Waals surface area (Å²) in [6.45, 7) is 4.75. The average Bonchev–Trinajstić information content (AvgIpc) is 2.84. The molecule has 0 radical (unpaired) electrons. The third-order valence-electron chi connectivity index (χ3n) is 3.73. The van der Waals surface area contributed by atoms with E-state index in [4.69, 9.17) is 0 Å². The molecule has 2 heterocycles. The minimum Gasteiger partial charge on any atom is -0.289 e. The molecular weight excluding hydrogens is 243 g/mol. The van der Waals surface area contributed by atoms with E-state index in [0.29, 0.717) is 6.04 Å². The third kappa shape index (κ3) is 2.38. The van der Waals surface area contributed by atoms with Crippen molar-refractivity contribution >= 4 is 0 Å². The number of likely N-dealkylation sites (tertiary alicyclic amines) is 1. The summed E-state index contributed by atoms with van der Waals surface area (Å²) in [4.78, 5) is 6.65. The highest BCUT2D eigenvalue weighted by molar-refractivity contribution is 5.22. The first-order chi connectivity index (χ1) is 9.28. The van der Waals surface area contributed by atoms with E-state index in [1.54, 1.807) is 6.33 Å². The van der Waals surface area contributed by atoms with Crippen molar-refractivity contribution in [2.45, 2.75) is 32.5 Å². The second kappa shape index (κ2) is 5.09. The molecule has 1 aliphatic rings. The molecule has 5 heteroatoms. The van der Waals surface area contributed by atoms with Crippen molar-refractivity contribution in [1.82, 2.24) is 19.7 Å². The number of aromatic nitrogens is 3. The Bertz CT molecular complexity index is 549. The Balaban J connectivity index is 1.71. The predicted octanol–water partition coefficient (Wildman–Crippen LogP) is 2.38. The normalized spacial score (nSPS) is 19.4. The van der Waals surface area contributed by atoms with Crippen LogP contribution in [0.15, 0.2) is 30.6 Å². The topological polar surface area (TPSA) is 34.0 Å². The number of benzene rings is 1. The van der Waals surface area contributed by atoms with Crippen LogP contribution in [0.3, 0.4) is 0 Å². The van der Waals surface area contributed by atoms with Gasteiger partial charge in [0.15, 0.2) is 0 Å². The summed E-state index contributed by atoms with van der Waals surface area (Å²) in [5.74, 6) is 0.815. The molecule has 1 aliphatic heterocycles. The van der Waals surface area contributed by atoms with Gasteiger partial charge in [-0.05, 0) is 31.0 Å². The monoisotopic (exact) mass is 260 g/mol. The van der Waals surface area contributed by atoms with Crippen LogP contribution in [0.1, 0.15) is 30.8 Å². The van der Waals surface area contributed by atoms with Gasteiger partial charge in [-0.15, -0.1) is 0 Å². The highest BCUT2D eigenvalue weighted by Gasteiger charge is 2.30. The maximum absolute atomic E-state index is 12.9. The van der Waals surface area contributed by atoms with E-state index in [9.17, 15) is 4.39 Å². The van der Waals surface area contributed by atoms with Crippen molar-refractivity contribution in [3.8, 4) is 0 Å². The zero-order valence-electron chi connectivity index (χ0n) is 11.0. The van der Waals surface area contributed by atoms with E-state index in [1.807, 2.05) is 16.8 Å². The fraction of sp³-hybridized carbons (Fsp3) is 0.429. The summed E-state index contributed by atoms with van der Waals surface area (Å²) in [5.41, 5.74) is 1.18. The Kier molecular flexibility index (Phi) is 3.29. The van der Waals surface area contributed by atoms with Gasteiger partial charge >= 0.3 is 0 Å². The highest BCUT2D eigenvalue weighted by atomic mass is 19.1. The molecule has 2 aromatic rings. The second-order valence-electron chi connectivity index (χ2n) is 4.82. The van der Waals surface area contributed by atoms with Crippen LogP contribution in [0.4, 0.5) is 4.39 Å². The SMILES string of the molecule is CCn1ncnc1CN1CC[C@@H]1c1ccc(F)cc1. The van der Waals surface area contributed by atoms with Crippen LogP contribution in [0.25, 0.3) is 0 Å². The van der Waals surface area contributed by atoms with Crippen molar-refractivity contribution < 1.29 is 4.39 Å². The lowest BCUT2D eigenvalue weighted by Gasteiger charge is -2.41. The van der Waals surface area contributed by atoms with Crippen LogP contribution >= 0.6 is 0 Å². The van der Waals surface area contributed by atoms with Crippen LogP contribution < -0.4 is 0 Å². The Morgan fingerprint density at radius 3 is 2.74 bits per heavy atom.